The van der Waals surface area contributed by atoms with Crippen LogP contribution in [0.15, 0.2) is 6.07 Å². The Morgan fingerprint density at radius 3 is 2.83 bits per heavy atom. The second-order valence-corrected chi connectivity index (χ2v) is 5.22. The van der Waals surface area contributed by atoms with E-state index in [1.165, 1.54) is 0 Å². The number of carboxylic acids is 1. The van der Waals surface area contributed by atoms with Gasteiger partial charge in [0.25, 0.3) is 0 Å². The highest BCUT2D eigenvalue weighted by Crippen LogP contribution is 2.36. The molecule has 0 bridgehead atoms. The van der Waals surface area contributed by atoms with Crippen molar-refractivity contribution >= 4 is 17.6 Å². The normalized spacial score (nSPS) is 22.9. The van der Waals surface area contributed by atoms with Crippen LogP contribution in [0.1, 0.15) is 23.1 Å². The van der Waals surface area contributed by atoms with E-state index < -0.39 is 11.5 Å². The van der Waals surface area contributed by atoms with Crippen LogP contribution in [0.4, 0.5) is 0 Å². The van der Waals surface area contributed by atoms with E-state index in [1.54, 1.807) is 0 Å². The van der Waals surface area contributed by atoms with Crippen LogP contribution in [0.25, 0.3) is 0 Å². The maximum atomic E-state index is 11.3. The van der Waals surface area contributed by atoms with E-state index in [4.69, 9.17) is 22.1 Å². The average Bonchev–Trinajstić information content (AvgIpc) is 2.47. The summed E-state index contributed by atoms with van der Waals surface area (Å²) in [6, 6.07) is 1.85. The summed E-state index contributed by atoms with van der Waals surface area (Å²) in [7, 11) is 0. The van der Waals surface area contributed by atoms with Crippen molar-refractivity contribution in [3.05, 3.63) is 27.8 Å². The van der Waals surface area contributed by atoms with Crippen LogP contribution in [0.5, 0.6) is 5.75 Å². The second-order valence-electron chi connectivity index (χ2n) is 4.85. The standard InChI is InChI=1S/C13H16ClNO3/c1-7-5-10-9(8(2)11(7)14)6-13(15,12(16)17)3-4-18-10/h5H,3-4,6,15H2,1-2H3,(H,16,17). The molecule has 3 N–H and O–H groups in total. The van der Waals surface area contributed by atoms with Crippen LogP contribution in [0.3, 0.4) is 0 Å². The van der Waals surface area contributed by atoms with Crippen LogP contribution in [-0.2, 0) is 11.2 Å². The number of aryl methyl sites for hydroxylation is 1. The van der Waals surface area contributed by atoms with Crippen molar-refractivity contribution in [2.45, 2.75) is 32.2 Å². The first-order chi connectivity index (χ1) is 8.35. The van der Waals surface area contributed by atoms with Crippen molar-refractivity contribution in [3.8, 4) is 5.75 Å². The number of nitrogens with two attached hydrogens (primary N) is 1. The molecule has 2 rings (SSSR count). The molecule has 0 spiro atoms. The Labute approximate surface area is 111 Å². The van der Waals surface area contributed by atoms with Crippen molar-refractivity contribution in [1.29, 1.82) is 0 Å². The fourth-order valence-corrected chi connectivity index (χ4v) is 2.41. The van der Waals surface area contributed by atoms with Gasteiger partial charge < -0.3 is 15.6 Å². The van der Waals surface area contributed by atoms with Gasteiger partial charge in [-0.3, -0.25) is 4.79 Å². The van der Waals surface area contributed by atoms with E-state index >= 15 is 0 Å². The molecule has 1 aliphatic rings. The highest BCUT2D eigenvalue weighted by Gasteiger charge is 2.37. The molecule has 98 valence electrons. The van der Waals surface area contributed by atoms with Crippen LogP contribution < -0.4 is 10.5 Å². The van der Waals surface area contributed by atoms with Gasteiger partial charge in [-0.2, -0.15) is 0 Å². The van der Waals surface area contributed by atoms with Crippen molar-refractivity contribution < 1.29 is 14.6 Å². The molecule has 0 aromatic heterocycles. The Kier molecular flexibility index (Phi) is 3.25. The van der Waals surface area contributed by atoms with E-state index in [0.717, 1.165) is 16.7 Å². The molecule has 0 amide bonds. The first-order valence-electron chi connectivity index (χ1n) is 5.79. The molecule has 4 nitrogen and oxygen atoms in total. The first-order valence-corrected chi connectivity index (χ1v) is 6.16. The molecule has 0 saturated heterocycles. The predicted octanol–water partition coefficient (Wildman–Crippen LogP) is 2.06. The fraction of sp³-hybridized carbons (Fsp3) is 0.462. The molecular formula is C13H16ClNO3. The molecule has 1 aromatic rings. The van der Waals surface area contributed by atoms with E-state index in [1.807, 2.05) is 19.9 Å². The summed E-state index contributed by atoms with van der Waals surface area (Å²) in [5.41, 5.74) is 7.24. The van der Waals surface area contributed by atoms with Gasteiger partial charge in [0, 0.05) is 23.4 Å². The Bertz CT molecular complexity index is 515. The van der Waals surface area contributed by atoms with Gasteiger partial charge in [-0.25, -0.2) is 0 Å². The van der Waals surface area contributed by atoms with Crippen LogP contribution in [0.2, 0.25) is 5.02 Å². The summed E-state index contributed by atoms with van der Waals surface area (Å²) in [6.45, 7) is 4.07. The third kappa shape index (κ3) is 2.06. The van der Waals surface area contributed by atoms with Crippen LogP contribution in [-0.4, -0.2) is 23.2 Å². The van der Waals surface area contributed by atoms with Gasteiger partial charge in [-0.15, -0.1) is 0 Å². The molecule has 1 aromatic carbocycles. The topological polar surface area (TPSA) is 72.6 Å². The summed E-state index contributed by atoms with van der Waals surface area (Å²) in [4.78, 5) is 11.3. The molecule has 1 atom stereocenters. The van der Waals surface area contributed by atoms with E-state index in [9.17, 15) is 9.90 Å². The number of hydrogen-bond donors (Lipinski definition) is 2. The molecule has 0 radical (unpaired) electrons. The van der Waals surface area contributed by atoms with Crippen molar-refractivity contribution in [1.82, 2.24) is 0 Å². The lowest BCUT2D eigenvalue weighted by Crippen LogP contribution is -2.50. The van der Waals surface area contributed by atoms with Crippen molar-refractivity contribution in [2.24, 2.45) is 5.73 Å². The van der Waals surface area contributed by atoms with Gasteiger partial charge in [0.2, 0.25) is 0 Å². The van der Waals surface area contributed by atoms with Gasteiger partial charge in [0.1, 0.15) is 11.3 Å². The number of ether oxygens (including phenoxy) is 1. The van der Waals surface area contributed by atoms with Gasteiger partial charge in [0.05, 0.1) is 6.61 Å². The molecule has 0 aliphatic carbocycles. The molecule has 18 heavy (non-hydrogen) atoms. The SMILES string of the molecule is Cc1cc2c(c(C)c1Cl)CC(N)(C(=O)O)CCO2. The molecule has 1 heterocycles. The summed E-state index contributed by atoms with van der Waals surface area (Å²) in [6.07, 6.45) is 0.524. The highest BCUT2D eigenvalue weighted by atomic mass is 35.5. The third-order valence-electron chi connectivity index (χ3n) is 3.50. The van der Waals surface area contributed by atoms with Crippen molar-refractivity contribution in [3.63, 3.8) is 0 Å². The van der Waals surface area contributed by atoms with Gasteiger partial charge >= 0.3 is 5.97 Å². The lowest BCUT2D eigenvalue weighted by Gasteiger charge is -2.22. The Hall–Kier alpha value is -1.26. The van der Waals surface area contributed by atoms with E-state index in [0.29, 0.717) is 17.4 Å². The Balaban J connectivity index is 2.55. The monoisotopic (exact) mass is 269 g/mol. The zero-order chi connectivity index (χ0) is 13.5. The zero-order valence-corrected chi connectivity index (χ0v) is 11.2. The number of carboxylic acid groups (broad SMARTS) is 1. The van der Waals surface area contributed by atoms with E-state index in [2.05, 4.69) is 0 Å². The number of carbonyl (C=O) groups is 1. The summed E-state index contributed by atoms with van der Waals surface area (Å²) in [5.74, 6) is -0.307. The molecule has 0 saturated carbocycles. The smallest absolute Gasteiger partial charge is 0.324 e. The number of halogens is 1. The second kappa shape index (κ2) is 4.44. The molecule has 1 aliphatic heterocycles. The maximum Gasteiger partial charge on any atom is 0.324 e. The Morgan fingerprint density at radius 2 is 2.22 bits per heavy atom. The number of rotatable bonds is 1. The van der Waals surface area contributed by atoms with E-state index in [-0.39, 0.29) is 12.8 Å². The predicted molar refractivity (Wildman–Crippen MR) is 69.3 cm³/mol. The molecule has 5 heteroatoms. The summed E-state index contributed by atoms with van der Waals surface area (Å²) in [5, 5.41) is 9.89. The van der Waals surface area contributed by atoms with Crippen LogP contribution in [0, 0.1) is 13.8 Å². The Morgan fingerprint density at radius 1 is 1.56 bits per heavy atom. The number of fused-ring (bicyclic) bond motifs is 1. The molecule has 1 unspecified atom stereocenters. The lowest BCUT2D eigenvalue weighted by atomic mass is 9.87. The van der Waals surface area contributed by atoms with Crippen molar-refractivity contribution in [2.75, 3.05) is 6.61 Å². The highest BCUT2D eigenvalue weighted by molar-refractivity contribution is 6.32. The van der Waals surface area contributed by atoms with Crippen LogP contribution >= 0.6 is 11.6 Å². The van der Waals surface area contributed by atoms with Gasteiger partial charge in [0.15, 0.2) is 0 Å². The molecule has 0 fully saturated rings. The largest absolute Gasteiger partial charge is 0.493 e. The fourth-order valence-electron chi connectivity index (χ4n) is 2.24. The zero-order valence-electron chi connectivity index (χ0n) is 10.4. The average molecular weight is 270 g/mol. The molecular weight excluding hydrogens is 254 g/mol. The maximum absolute atomic E-state index is 11.3. The minimum Gasteiger partial charge on any atom is -0.493 e. The van der Waals surface area contributed by atoms with Gasteiger partial charge in [-0.05, 0) is 31.0 Å². The third-order valence-corrected chi connectivity index (χ3v) is 4.08. The summed E-state index contributed by atoms with van der Waals surface area (Å²) >= 11 is 6.20. The first kappa shape index (κ1) is 13.2. The quantitative estimate of drug-likeness (QED) is 0.819. The number of hydrogen-bond acceptors (Lipinski definition) is 3. The minimum atomic E-state index is -1.28. The van der Waals surface area contributed by atoms with Gasteiger partial charge in [-0.1, -0.05) is 11.6 Å². The minimum absolute atomic E-state index is 0.240. The summed E-state index contributed by atoms with van der Waals surface area (Å²) < 4.78 is 5.61. The number of aliphatic carboxylic acids is 1. The number of benzene rings is 1. The lowest BCUT2D eigenvalue weighted by molar-refractivity contribution is -0.143.